The highest BCUT2D eigenvalue weighted by Gasteiger charge is 2.37. The van der Waals surface area contributed by atoms with Crippen molar-refractivity contribution in [3.8, 4) is 5.69 Å². The van der Waals surface area contributed by atoms with Crippen LogP contribution in [0.4, 0.5) is 5.69 Å². The van der Waals surface area contributed by atoms with E-state index in [0.29, 0.717) is 6.04 Å². The van der Waals surface area contributed by atoms with Crippen molar-refractivity contribution in [3.05, 3.63) is 77.9 Å². The number of amides is 1. The van der Waals surface area contributed by atoms with Crippen molar-refractivity contribution in [2.45, 2.75) is 44.7 Å². The highest BCUT2D eigenvalue weighted by molar-refractivity contribution is 5.95. The normalized spacial score (nSPS) is 19.4. The van der Waals surface area contributed by atoms with E-state index >= 15 is 0 Å². The van der Waals surface area contributed by atoms with Gasteiger partial charge in [-0.25, -0.2) is 4.98 Å². The first-order valence-electron chi connectivity index (χ1n) is 10.4. The van der Waals surface area contributed by atoms with Gasteiger partial charge in [0.05, 0.1) is 6.04 Å². The Hall–Kier alpha value is -2.92. The molecule has 5 rings (SSSR count). The van der Waals surface area contributed by atoms with Gasteiger partial charge < -0.3 is 9.88 Å². The van der Waals surface area contributed by atoms with Gasteiger partial charge in [-0.3, -0.25) is 9.69 Å². The zero-order valence-electron chi connectivity index (χ0n) is 16.7. The lowest BCUT2D eigenvalue weighted by atomic mass is 10.1. The minimum absolute atomic E-state index is 0.0371. The Labute approximate surface area is 171 Å². The van der Waals surface area contributed by atoms with Crippen LogP contribution < -0.4 is 5.32 Å². The van der Waals surface area contributed by atoms with E-state index in [1.807, 2.05) is 42.0 Å². The van der Waals surface area contributed by atoms with Gasteiger partial charge in [-0.1, -0.05) is 24.3 Å². The molecule has 0 saturated carbocycles. The fourth-order valence-corrected chi connectivity index (χ4v) is 4.86. The van der Waals surface area contributed by atoms with Crippen LogP contribution in [0.5, 0.6) is 0 Å². The Bertz CT molecular complexity index is 998. The third-order valence-electron chi connectivity index (χ3n) is 6.33. The number of fused-ring (bicyclic) bond motifs is 1. The molecule has 1 saturated heterocycles. The predicted octanol–water partition coefficient (Wildman–Crippen LogP) is 3.75. The molecule has 1 aromatic heterocycles. The number of aromatic nitrogens is 2. The number of anilines is 1. The van der Waals surface area contributed by atoms with E-state index in [0.717, 1.165) is 49.4 Å². The minimum Gasteiger partial charge on any atom is -0.325 e. The average molecular weight is 386 g/mol. The molecule has 0 radical (unpaired) electrons. The molecule has 1 atom stereocenters. The number of carbonyl (C=O) groups is 1. The Morgan fingerprint density at radius 1 is 1.07 bits per heavy atom. The molecule has 1 amide bonds. The van der Waals surface area contributed by atoms with E-state index < -0.39 is 0 Å². The first kappa shape index (κ1) is 18.1. The lowest BCUT2D eigenvalue weighted by Crippen LogP contribution is -2.45. The number of hydrogen-bond acceptors (Lipinski definition) is 3. The largest absolute Gasteiger partial charge is 0.325 e. The fraction of sp³-hybridized carbons (Fsp3) is 0.333. The fourth-order valence-electron chi connectivity index (χ4n) is 4.86. The molecule has 2 heterocycles. The Balaban J connectivity index is 1.26. The summed E-state index contributed by atoms with van der Waals surface area (Å²) in [6.07, 6.45) is 7.87. The summed E-state index contributed by atoms with van der Waals surface area (Å²) in [7, 11) is 0. The monoisotopic (exact) mass is 386 g/mol. The molecule has 2 aliphatic rings. The third-order valence-corrected chi connectivity index (χ3v) is 6.33. The van der Waals surface area contributed by atoms with Crippen LogP contribution in [0.2, 0.25) is 0 Å². The predicted molar refractivity (Wildman–Crippen MR) is 114 cm³/mol. The first-order valence-corrected chi connectivity index (χ1v) is 10.4. The van der Waals surface area contributed by atoms with E-state index in [4.69, 9.17) is 0 Å². The SMILES string of the molecule is Cc1nccn1-c1ccc(NC(=O)C2CCCN2C2Cc3ccccc3C2)cc1. The Morgan fingerprint density at radius 3 is 2.45 bits per heavy atom. The summed E-state index contributed by atoms with van der Waals surface area (Å²) in [6, 6.07) is 17.1. The minimum atomic E-state index is -0.0371. The number of benzene rings is 2. The maximum atomic E-state index is 13.1. The van der Waals surface area contributed by atoms with Gasteiger partial charge in [0.1, 0.15) is 5.82 Å². The van der Waals surface area contributed by atoms with Gasteiger partial charge in [0.25, 0.3) is 0 Å². The molecular weight excluding hydrogens is 360 g/mol. The summed E-state index contributed by atoms with van der Waals surface area (Å²) in [6.45, 7) is 2.99. The molecule has 0 spiro atoms. The number of nitrogens with zero attached hydrogens (tertiary/aromatic N) is 3. The summed E-state index contributed by atoms with van der Waals surface area (Å²) in [5.74, 6) is 1.06. The van der Waals surface area contributed by atoms with Crippen LogP contribution in [0.3, 0.4) is 0 Å². The van der Waals surface area contributed by atoms with E-state index in [-0.39, 0.29) is 11.9 Å². The van der Waals surface area contributed by atoms with Crippen LogP contribution in [-0.2, 0) is 17.6 Å². The molecule has 1 aliphatic heterocycles. The van der Waals surface area contributed by atoms with E-state index in [2.05, 4.69) is 39.5 Å². The zero-order chi connectivity index (χ0) is 19.8. The van der Waals surface area contributed by atoms with Crippen molar-refractivity contribution in [2.24, 2.45) is 0 Å². The van der Waals surface area contributed by atoms with Gasteiger partial charge in [0.2, 0.25) is 5.91 Å². The Morgan fingerprint density at radius 2 is 1.79 bits per heavy atom. The molecule has 29 heavy (non-hydrogen) atoms. The average Bonchev–Trinajstić information content (AvgIpc) is 3.47. The van der Waals surface area contributed by atoms with Crippen LogP contribution in [-0.4, -0.2) is 39.0 Å². The molecule has 1 N–H and O–H groups in total. The van der Waals surface area contributed by atoms with Gasteiger partial charge in [-0.05, 0) is 74.5 Å². The highest BCUT2D eigenvalue weighted by Crippen LogP contribution is 2.31. The second-order valence-electron chi connectivity index (χ2n) is 8.11. The van der Waals surface area contributed by atoms with Crippen molar-refractivity contribution < 1.29 is 4.79 Å². The standard InChI is InChI=1S/C24H26N4O/c1-17-25-12-14-27(17)21-10-8-20(9-11-21)26-24(29)23-7-4-13-28(23)22-15-18-5-2-3-6-19(18)16-22/h2-3,5-6,8-12,14,22-23H,4,7,13,15-16H2,1H3,(H,26,29). The molecule has 0 bridgehead atoms. The number of imidazole rings is 1. The lowest BCUT2D eigenvalue weighted by Gasteiger charge is -2.29. The van der Waals surface area contributed by atoms with Crippen LogP contribution in [0.25, 0.3) is 5.69 Å². The molecule has 3 aromatic rings. The molecular formula is C24H26N4O. The number of nitrogens with one attached hydrogen (secondary N) is 1. The summed E-state index contributed by atoms with van der Waals surface area (Å²) < 4.78 is 2.03. The van der Waals surface area contributed by atoms with Crippen LogP contribution in [0, 0.1) is 6.92 Å². The van der Waals surface area contributed by atoms with Crippen molar-refractivity contribution in [1.29, 1.82) is 0 Å². The van der Waals surface area contributed by atoms with Crippen molar-refractivity contribution >= 4 is 11.6 Å². The smallest absolute Gasteiger partial charge is 0.241 e. The number of aryl methyl sites for hydroxylation is 1. The number of carbonyl (C=O) groups excluding carboxylic acids is 1. The van der Waals surface area contributed by atoms with E-state index in [9.17, 15) is 4.79 Å². The second kappa shape index (κ2) is 7.48. The second-order valence-corrected chi connectivity index (χ2v) is 8.11. The van der Waals surface area contributed by atoms with Crippen molar-refractivity contribution in [2.75, 3.05) is 11.9 Å². The van der Waals surface area contributed by atoms with Gasteiger partial charge in [-0.15, -0.1) is 0 Å². The molecule has 1 aliphatic carbocycles. The molecule has 5 nitrogen and oxygen atoms in total. The highest BCUT2D eigenvalue weighted by atomic mass is 16.2. The van der Waals surface area contributed by atoms with Gasteiger partial charge in [0.15, 0.2) is 0 Å². The maximum absolute atomic E-state index is 13.1. The number of rotatable bonds is 4. The van der Waals surface area contributed by atoms with Crippen LogP contribution in [0.1, 0.15) is 29.8 Å². The molecule has 1 unspecified atom stereocenters. The number of likely N-dealkylation sites (tertiary alicyclic amines) is 1. The quantitative estimate of drug-likeness (QED) is 0.743. The summed E-state index contributed by atoms with van der Waals surface area (Å²) in [5, 5.41) is 3.14. The molecule has 1 fully saturated rings. The summed E-state index contributed by atoms with van der Waals surface area (Å²) >= 11 is 0. The topological polar surface area (TPSA) is 50.2 Å². The Kier molecular flexibility index (Phi) is 4.68. The summed E-state index contributed by atoms with van der Waals surface area (Å²) in [5.41, 5.74) is 4.77. The van der Waals surface area contributed by atoms with Crippen LogP contribution >= 0.6 is 0 Å². The molecule has 5 heteroatoms. The molecule has 148 valence electrons. The third kappa shape index (κ3) is 3.47. The van der Waals surface area contributed by atoms with Crippen molar-refractivity contribution in [3.63, 3.8) is 0 Å². The summed E-state index contributed by atoms with van der Waals surface area (Å²) in [4.78, 5) is 19.7. The molecule has 2 aromatic carbocycles. The maximum Gasteiger partial charge on any atom is 0.241 e. The van der Waals surface area contributed by atoms with Crippen LogP contribution in [0.15, 0.2) is 60.9 Å². The number of hydrogen-bond donors (Lipinski definition) is 1. The lowest BCUT2D eigenvalue weighted by molar-refractivity contribution is -0.121. The van der Waals surface area contributed by atoms with Gasteiger partial charge in [0, 0.05) is 29.8 Å². The van der Waals surface area contributed by atoms with Gasteiger partial charge >= 0.3 is 0 Å². The first-order chi connectivity index (χ1) is 14.2. The van der Waals surface area contributed by atoms with E-state index in [1.54, 1.807) is 6.20 Å². The zero-order valence-corrected chi connectivity index (χ0v) is 16.7. The van der Waals surface area contributed by atoms with E-state index in [1.165, 1.54) is 11.1 Å². The van der Waals surface area contributed by atoms with Crippen molar-refractivity contribution in [1.82, 2.24) is 14.5 Å². The van der Waals surface area contributed by atoms with Gasteiger partial charge in [-0.2, -0.15) is 0 Å².